The van der Waals surface area contributed by atoms with Crippen LogP contribution in [-0.4, -0.2) is 175 Å². The largest absolute Gasteiger partial charge is 1.00 e. The molecule has 0 bridgehead atoms. The molecule has 0 aliphatic heterocycles. The van der Waals surface area contributed by atoms with E-state index in [0.717, 1.165) is 46.6 Å². The fraction of sp³-hybridized carbons (Fsp3) is 0.615. The second-order valence-electron chi connectivity index (χ2n) is 10.9. The van der Waals surface area contributed by atoms with E-state index in [4.69, 9.17) is 0 Å². The maximum atomic E-state index is 3.65. The van der Waals surface area contributed by atoms with Crippen molar-refractivity contribution in [3.8, 4) is 0 Å². The van der Waals surface area contributed by atoms with Gasteiger partial charge in [0, 0.05) is 12.1 Å². The number of benzene rings is 1. The molecule has 0 fully saturated rings. The molecule has 0 aromatic heterocycles. The van der Waals surface area contributed by atoms with Gasteiger partial charge < -0.3 is 49.6 Å². The summed E-state index contributed by atoms with van der Waals surface area (Å²) in [6.45, 7) is 0. The van der Waals surface area contributed by atoms with Crippen LogP contribution >= 0.6 is 0 Å². The third-order valence-corrected chi connectivity index (χ3v) is 5.53. The van der Waals surface area contributed by atoms with Crippen LogP contribution < -0.4 is 70.9 Å². The number of anilines is 4. The standard InChI is InChI=1S/C26H50N12.4ClH/c1-31(2)23(32(3)4)27-19-17-21(29-25(35(9)10)36(11)12)22(30-26(37(13)14)38(15)16)18-20(19)28-24(33(5)6)34(7)8;;;;/h17-18H,1-16H3;4*1H. The Morgan fingerprint density at radius 2 is 0.524 bits per heavy atom. The smallest absolute Gasteiger partial charge is 0.352 e. The minimum Gasteiger partial charge on any atom is -1.00 e. The molecule has 1 aromatic carbocycles. The fourth-order valence-corrected chi connectivity index (χ4v) is 3.99. The third kappa shape index (κ3) is 13.2. The number of rotatable bonds is 4. The Kier molecular flexibility index (Phi) is 22.5. The average Bonchev–Trinajstić information content (AvgIpc) is 2.76. The van der Waals surface area contributed by atoms with Gasteiger partial charge in [0.05, 0.1) is 113 Å². The summed E-state index contributed by atoms with van der Waals surface area (Å²) in [4.78, 5) is 8.25. The van der Waals surface area contributed by atoms with E-state index < -0.39 is 0 Å². The van der Waals surface area contributed by atoms with Crippen molar-refractivity contribution in [3.63, 3.8) is 0 Å². The summed E-state index contributed by atoms with van der Waals surface area (Å²) < 4.78 is 8.25. The molecule has 42 heavy (non-hydrogen) atoms. The predicted molar refractivity (Wildman–Crippen MR) is 164 cm³/mol. The molecule has 0 saturated carbocycles. The normalized spacial score (nSPS) is 9.14. The number of halogens is 4. The Bertz CT molecular complexity index is 940. The van der Waals surface area contributed by atoms with Gasteiger partial charge in [-0.25, -0.2) is 21.3 Å². The predicted octanol–water partition coefficient (Wildman–Crippen LogP) is -11.9. The van der Waals surface area contributed by atoms with Crippen LogP contribution in [0.4, 0.5) is 22.7 Å². The van der Waals surface area contributed by atoms with E-state index in [2.05, 4.69) is 71.3 Å². The number of nitrogens with zero attached hydrogens (tertiary/aromatic N) is 8. The zero-order valence-corrected chi connectivity index (χ0v) is 31.3. The molecule has 1 aromatic rings. The quantitative estimate of drug-likeness (QED) is 0.143. The zero-order valence-electron chi connectivity index (χ0n) is 28.2. The highest BCUT2D eigenvalue weighted by Gasteiger charge is 2.27. The highest BCUT2D eigenvalue weighted by atomic mass is 35.5. The number of guanidine groups is 4. The first-order chi connectivity index (χ1) is 17.5. The summed E-state index contributed by atoms with van der Waals surface area (Å²) in [6, 6.07) is 4.27. The second-order valence-corrected chi connectivity index (χ2v) is 10.9. The second kappa shape index (κ2) is 20.4. The fourth-order valence-electron chi connectivity index (χ4n) is 3.99. The number of hydrogen-bond donors (Lipinski definition) is 4. The molecule has 4 N–H and O–H groups in total. The Hall–Kier alpha value is -2.54. The van der Waals surface area contributed by atoms with Crippen molar-refractivity contribution in [2.24, 2.45) is 0 Å². The molecule has 0 heterocycles. The minimum atomic E-state index is 0. The zero-order chi connectivity index (χ0) is 29.5. The van der Waals surface area contributed by atoms with Gasteiger partial charge in [-0.2, -0.15) is 0 Å². The first kappa shape index (κ1) is 46.4. The highest BCUT2D eigenvalue weighted by Crippen LogP contribution is 2.34. The Balaban J connectivity index is -0.00000180. The van der Waals surface area contributed by atoms with Crippen molar-refractivity contribution in [2.45, 2.75) is 0 Å². The lowest BCUT2D eigenvalue weighted by Crippen LogP contribution is -3.00. The lowest BCUT2D eigenvalue weighted by molar-refractivity contribution is -0.469. The topological polar surface area (TPSA) is 73.1 Å². The summed E-state index contributed by atoms with van der Waals surface area (Å²) in [7, 11) is 32.5. The monoisotopic (exact) mass is 674 g/mol. The summed E-state index contributed by atoms with van der Waals surface area (Å²) in [5, 5.41) is 14.6. The molecule has 0 saturated heterocycles. The van der Waals surface area contributed by atoms with Crippen molar-refractivity contribution in [2.75, 3.05) is 134 Å². The van der Waals surface area contributed by atoms with Gasteiger partial charge in [0.1, 0.15) is 22.7 Å². The summed E-state index contributed by atoms with van der Waals surface area (Å²) in [6.07, 6.45) is 0. The molecule has 0 amide bonds. The summed E-state index contributed by atoms with van der Waals surface area (Å²) in [5.41, 5.74) is 3.68. The first-order valence-corrected chi connectivity index (χ1v) is 12.6. The highest BCUT2D eigenvalue weighted by molar-refractivity contribution is 6.06. The minimum absolute atomic E-state index is 0. The van der Waals surface area contributed by atoms with Crippen LogP contribution in [0.15, 0.2) is 12.1 Å². The van der Waals surface area contributed by atoms with Crippen LogP contribution in [0.3, 0.4) is 0 Å². The van der Waals surface area contributed by atoms with E-state index >= 15 is 0 Å². The number of hydrogen-bond acceptors (Lipinski definition) is 0. The molecule has 0 aliphatic carbocycles. The van der Waals surface area contributed by atoms with Gasteiger partial charge >= 0.3 is 23.8 Å². The van der Waals surface area contributed by atoms with Crippen molar-refractivity contribution in [3.05, 3.63) is 12.1 Å². The van der Waals surface area contributed by atoms with Crippen molar-refractivity contribution >= 4 is 46.6 Å². The first-order valence-electron chi connectivity index (χ1n) is 12.6. The van der Waals surface area contributed by atoms with Gasteiger partial charge in [0.15, 0.2) is 0 Å². The van der Waals surface area contributed by atoms with E-state index in [0.29, 0.717) is 0 Å². The van der Waals surface area contributed by atoms with Gasteiger partial charge in [-0.1, -0.05) is 0 Å². The Morgan fingerprint density at radius 3 is 0.619 bits per heavy atom. The molecule has 246 valence electrons. The van der Waals surface area contributed by atoms with E-state index in [1.165, 1.54) is 0 Å². The van der Waals surface area contributed by atoms with Gasteiger partial charge in [-0.05, 0) is 0 Å². The van der Waals surface area contributed by atoms with Gasteiger partial charge in [-0.15, -0.1) is 0 Å². The van der Waals surface area contributed by atoms with E-state index in [9.17, 15) is 0 Å². The van der Waals surface area contributed by atoms with Crippen LogP contribution in [0.1, 0.15) is 0 Å². The molecule has 0 spiro atoms. The van der Waals surface area contributed by atoms with Crippen LogP contribution in [0.2, 0.25) is 0 Å². The summed E-state index contributed by atoms with van der Waals surface area (Å²) >= 11 is 0. The van der Waals surface area contributed by atoms with E-state index in [1.54, 1.807) is 0 Å². The van der Waals surface area contributed by atoms with Crippen LogP contribution in [-0.2, 0) is 0 Å². The van der Waals surface area contributed by atoms with Gasteiger partial charge in [-0.3, -0.25) is 37.9 Å². The third-order valence-electron chi connectivity index (χ3n) is 5.53. The Morgan fingerprint density at radius 1 is 0.381 bits per heavy atom. The van der Waals surface area contributed by atoms with Crippen LogP contribution in [0.5, 0.6) is 0 Å². The van der Waals surface area contributed by atoms with Gasteiger partial charge in [0.2, 0.25) is 0 Å². The number of nitrogens with one attached hydrogen (secondary N) is 4. The van der Waals surface area contributed by atoms with Crippen LogP contribution in [0.25, 0.3) is 0 Å². The molecular weight excluding hydrogens is 622 g/mol. The van der Waals surface area contributed by atoms with Crippen molar-refractivity contribution in [1.29, 1.82) is 0 Å². The average molecular weight is 677 g/mol. The lowest BCUT2D eigenvalue weighted by Gasteiger charge is -2.20. The van der Waals surface area contributed by atoms with Crippen LogP contribution in [0, 0.1) is 0 Å². The van der Waals surface area contributed by atoms with Crippen molar-refractivity contribution < 1.29 is 67.9 Å². The molecule has 16 heteroatoms. The molecule has 0 aliphatic rings. The molecular formula is C26H54Cl4N12. The SMILES string of the molecule is CN(C)C(Nc1cc(NC(N(C)C)=[N+](C)C)c(NC(N(C)C)=[N+](C)C)cc1NC(N(C)C)=[N+](C)C)=[N+](C)C.[Cl-].[Cl-].[Cl-].[Cl-]. The summed E-state index contributed by atoms with van der Waals surface area (Å²) in [5.74, 6) is 3.81. The van der Waals surface area contributed by atoms with Gasteiger partial charge in [0.25, 0.3) is 0 Å². The van der Waals surface area contributed by atoms with E-state index in [1.807, 2.05) is 113 Å². The maximum absolute atomic E-state index is 3.65. The molecule has 0 unspecified atom stereocenters. The molecule has 12 nitrogen and oxygen atoms in total. The van der Waals surface area contributed by atoms with Crippen molar-refractivity contribution in [1.82, 2.24) is 19.6 Å². The molecule has 0 atom stereocenters. The Labute approximate surface area is 279 Å². The van der Waals surface area contributed by atoms with E-state index in [-0.39, 0.29) is 49.6 Å². The molecule has 1 rings (SSSR count). The lowest BCUT2D eigenvalue weighted by atomic mass is 10.2. The maximum Gasteiger partial charge on any atom is 0.352 e. The molecule has 0 radical (unpaired) electrons.